The normalized spacial score (nSPS) is 14.3. The van der Waals surface area contributed by atoms with E-state index in [4.69, 9.17) is 5.26 Å². The van der Waals surface area contributed by atoms with Gasteiger partial charge in [-0.2, -0.15) is 5.26 Å². The second-order valence-electron chi connectivity index (χ2n) is 5.13. The van der Waals surface area contributed by atoms with Crippen molar-refractivity contribution < 1.29 is 14.3 Å². The van der Waals surface area contributed by atoms with Gasteiger partial charge in [0.2, 0.25) is 0 Å². The fourth-order valence-corrected chi connectivity index (χ4v) is 2.29. The zero-order chi connectivity index (χ0) is 14.7. The van der Waals surface area contributed by atoms with Gasteiger partial charge in [-0.3, -0.25) is 9.69 Å². The second-order valence-corrected chi connectivity index (χ2v) is 5.13. The SMILES string of the molecule is CC(=O)c1cc(F)cc(CN(CCC#N)C2CC2)c1O. The standard InChI is InChI=1S/C15H17FN2O2/c1-10(19)14-8-12(16)7-11(15(14)20)9-18(6-2-5-17)13-3-4-13/h7-8,13,20H,2-4,6,9H2,1H3. The van der Waals surface area contributed by atoms with Crippen molar-refractivity contribution in [2.45, 2.75) is 38.8 Å². The number of hydrogen-bond donors (Lipinski definition) is 1. The maximum absolute atomic E-state index is 13.6. The Balaban J connectivity index is 2.23. The number of nitriles is 1. The van der Waals surface area contributed by atoms with Gasteiger partial charge in [-0.1, -0.05) is 0 Å². The molecule has 20 heavy (non-hydrogen) atoms. The molecule has 4 nitrogen and oxygen atoms in total. The molecule has 1 N–H and O–H groups in total. The van der Waals surface area contributed by atoms with Crippen LogP contribution in [0.25, 0.3) is 0 Å². The Hall–Kier alpha value is -1.93. The Morgan fingerprint density at radius 2 is 2.25 bits per heavy atom. The minimum atomic E-state index is -0.529. The summed E-state index contributed by atoms with van der Waals surface area (Å²) in [6.45, 7) is 2.25. The van der Waals surface area contributed by atoms with Gasteiger partial charge in [0.05, 0.1) is 11.6 Å². The summed E-state index contributed by atoms with van der Waals surface area (Å²) in [5, 5.41) is 18.7. The zero-order valence-corrected chi connectivity index (χ0v) is 11.4. The van der Waals surface area contributed by atoms with E-state index in [1.54, 1.807) is 0 Å². The van der Waals surface area contributed by atoms with E-state index in [2.05, 4.69) is 11.0 Å². The molecule has 0 unspecified atom stereocenters. The van der Waals surface area contributed by atoms with E-state index in [-0.39, 0.29) is 17.1 Å². The number of phenolic OH excluding ortho intramolecular Hbond substituents is 1. The molecule has 0 aromatic heterocycles. The molecule has 0 saturated heterocycles. The lowest BCUT2D eigenvalue weighted by molar-refractivity contribution is 0.101. The van der Waals surface area contributed by atoms with E-state index in [0.717, 1.165) is 18.9 Å². The van der Waals surface area contributed by atoms with Crippen molar-refractivity contribution in [2.24, 2.45) is 0 Å². The maximum Gasteiger partial charge on any atom is 0.163 e. The van der Waals surface area contributed by atoms with Gasteiger partial charge >= 0.3 is 0 Å². The van der Waals surface area contributed by atoms with Crippen molar-refractivity contribution >= 4 is 5.78 Å². The number of aromatic hydroxyl groups is 1. The molecule has 0 spiro atoms. The van der Waals surface area contributed by atoms with Crippen molar-refractivity contribution in [3.05, 3.63) is 29.1 Å². The maximum atomic E-state index is 13.6. The number of phenols is 1. The van der Waals surface area contributed by atoms with Crippen molar-refractivity contribution in [2.75, 3.05) is 6.54 Å². The van der Waals surface area contributed by atoms with E-state index < -0.39 is 5.82 Å². The number of halogens is 1. The summed E-state index contributed by atoms with van der Waals surface area (Å²) in [5.74, 6) is -1.04. The number of carbonyl (C=O) groups is 1. The average molecular weight is 276 g/mol. The average Bonchev–Trinajstić information content (AvgIpc) is 3.22. The summed E-state index contributed by atoms with van der Waals surface area (Å²) < 4.78 is 13.6. The van der Waals surface area contributed by atoms with Gasteiger partial charge in [0.15, 0.2) is 5.78 Å². The molecule has 1 aliphatic rings. The lowest BCUT2D eigenvalue weighted by Crippen LogP contribution is -2.26. The highest BCUT2D eigenvalue weighted by atomic mass is 19.1. The topological polar surface area (TPSA) is 64.3 Å². The Morgan fingerprint density at radius 1 is 1.55 bits per heavy atom. The molecule has 0 atom stereocenters. The van der Waals surface area contributed by atoms with E-state index in [1.807, 2.05) is 0 Å². The first kappa shape index (κ1) is 14.5. The highest BCUT2D eigenvalue weighted by Gasteiger charge is 2.29. The number of hydrogen-bond acceptors (Lipinski definition) is 4. The first-order valence-electron chi connectivity index (χ1n) is 6.66. The van der Waals surface area contributed by atoms with Crippen LogP contribution in [0.3, 0.4) is 0 Å². The van der Waals surface area contributed by atoms with Gasteiger partial charge in [-0.15, -0.1) is 0 Å². The molecule has 0 bridgehead atoms. The van der Waals surface area contributed by atoms with E-state index in [1.165, 1.54) is 13.0 Å². The summed E-state index contributed by atoms with van der Waals surface area (Å²) in [4.78, 5) is 13.4. The summed E-state index contributed by atoms with van der Waals surface area (Å²) in [6, 6.07) is 4.79. The molecule has 2 rings (SSSR count). The van der Waals surface area contributed by atoms with Gasteiger partial charge in [0.25, 0.3) is 0 Å². The predicted molar refractivity (Wildman–Crippen MR) is 71.7 cm³/mol. The molecular weight excluding hydrogens is 259 g/mol. The number of benzene rings is 1. The van der Waals surface area contributed by atoms with Crippen LogP contribution in [0.15, 0.2) is 12.1 Å². The minimum absolute atomic E-state index is 0.0102. The molecule has 1 aromatic carbocycles. The molecule has 1 aromatic rings. The van der Waals surface area contributed by atoms with Gasteiger partial charge in [0, 0.05) is 31.1 Å². The number of Topliss-reactive ketones (excluding diaryl/α,β-unsaturated/α-hetero) is 1. The molecule has 5 heteroatoms. The molecule has 0 heterocycles. The third-order valence-corrected chi connectivity index (χ3v) is 3.48. The van der Waals surface area contributed by atoms with Crippen molar-refractivity contribution in [3.8, 4) is 11.8 Å². The number of ketones is 1. The zero-order valence-electron chi connectivity index (χ0n) is 11.4. The molecule has 0 amide bonds. The van der Waals surface area contributed by atoms with Crippen LogP contribution in [-0.2, 0) is 6.54 Å². The highest BCUT2D eigenvalue weighted by molar-refractivity contribution is 5.97. The predicted octanol–water partition coefficient (Wildman–Crippen LogP) is 2.61. The van der Waals surface area contributed by atoms with Crippen molar-refractivity contribution in [3.63, 3.8) is 0 Å². The van der Waals surface area contributed by atoms with Crippen LogP contribution in [0.2, 0.25) is 0 Å². The molecular formula is C15H17FN2O2. The molecule has 106 valence electrons. The minimum Gasteiger partial charge on any atom is -0.507 e. The van der Waals surface area contributed by atoms with Gasteiger partial charge in [-0.05, 0) is 31.9 Å². The Bertz CT molecular complexity index is 562. The van der Waals surface area contributed by atoms with Crippen LogP contribution in [0.5, 0.6) is 5.75 Å². The van der Waals surface area contributed by atoms with E-state index in [0.29, 0.717) is 31.1 Å². The highest BCUT2D eigenvalue weighted by Crippen LogP contribution is 2.32. The van der Waals surface area contributed by atoms with Crippen LogP contribution in [0.1, 0.15) is 42.1 Å². The van der Waals surface area contributed by atoms with Crippen LogP contribution in [0, 0.1) is 17.1 Å². The summed E-state index contributed by atoms with van der Waals surface area (Å²) in [7, 11) is 0. The molecule has 1 aliphatic carbocycles. The molecule has 0 radical (unpaired) electrons. The Kier molecular flexibility index (Phi) is 4.35. The molecule has 1 fully saturated rings. The number of rotatable bonds is 6. The quantitative estimate of drug-likeness (QED) is 0.811. The molecule has 0 aliphatic heterocycles. The second kappa shape index (κ2) is 6.02. The third-order valence-electron chi connectivity index (χ3n) is 3.48. The smallest absolute Gasteiger partial charge is 0.163 e. The fraction of sp³-hybridized carbons (Fsp3) is 0.467. The first-order valence-corrected chi connectivity index (χ1v) is 6.66. The lowest BCUT2D eigenvalue weighted by atomic mass is 10.0. The van der Waals surface area contributed by atoms with Crippen molar-refractivity contribution in [1.29, 1.82) is 5.26 Å². The van der Waals surface area contributed by atoms with Crippen LogP contribution < -0.4 is 0 Å². The largest absolute Gasteiger partial charge is 0.507 e. The van der Waals surface area contributed by atoms with E-state index in [9.17, 15) is 14.3 Å². The third kappa shape index (κ3) is 3.34. The summed E-state index contributed by atoms with van der Waals surface area (Å²) >= 11 is 0. The number of carbonyl (C=O) groups excluding carboxylic acids is 1. The van der Waals surface area contributed by atoms with Crippen molar-refractivity contribution in [1.82, 2.24) is 4.90 Å². The van der Waals surface area contributed by atoms with Gasteiger partial charge < -0.3 is 5.11 Å². The van der Waals surface area contributed by atoms with Crippen LogP contribution in [0.4, 0.5) is 4.39 Å². The monoisotopic (exact) mass is 276 g/mol. The van der Waals surface area contributed by atoms with Gasteiger partial charge in [0.1, 0.15) is 11.6 Å². The summed E-state index contributed by atoms with van der Waals surface area (Å²) in [5.41, 5.74) is 0.413. The van der Waals surface area contributed by atoms with Gasteiger partial charge in [-0.25, -0.2) is 4.39 Å². The first-order chi connectivity index (χ1) is 9.52. The fourth-order valence-electron chi connectivity index (χ4n) is 2.29. The summed E-state index contributed by atoms with van der Waals surface area (Å²) in [6.07, 6.45) is 2.51. The number of nitrogens with zero attached hydrogens (tertiary/aromatic N) is 2. The van der Waals surface area contributed by atoms with Crippen LogP contribution >= 0.6 is 0 Å². The lowest BCUT2D eigenvalue weighted by Gasteiger charge is -2.21. The molecule has 1 saturated carbocycles. The Labute approximate surface area is 117 Å². The Morgan fingerprint density at radius 3 is 2.80 bits per heavy atom. The van der Waals surface area contributed by atoms with Crippen LogP contribution in [-0.4, -0.2) is 28.4 Å². The van der Waals surface area contributed by atoms with E-state index >= 15 is 0 Å².